The van der Waals surface area contributed by atoms with E-state index in [1.807, 2.05) is 13.0 Å². The van der Waals surface area contributed by atoms with Crippen LogP contribution in [0.15, 0.2) is 24.3 Å². The van der Waals surface area contributed by atoms with E-state index in [9.17, 15) is 4.79 Å². The Morgan fingerprint density at radius 1 is 1.43 bits per heavy atom. The van der Waals surface area contributed by atoms with Crippen molar-refractivity contribution in [1.82, 2.24) is 4.90 Å². The molecule has 2 rings (SSSR count). The molecule has 0 aromatic heterocycles. The number of nitrogens with zero attached hydrogens (tertiary/aromatic N) is 1. The average molecular weight is 290 g/mol. The van der Waals surface area contributed by atoms with Crippen molar-refractivity contribution in [1.29, 1.82) is 0 Å². The minimum Gasteiger partial charge on any atom is -0.465 e. The quantitative estimate of drug-likeness (QED) is 0.817. The van der Waals surface area contributed by atoms with E-state index in [-0.39, 0.29) is 18.1 Å². The Labute approximate surface area is 127 Å². The maximum atomic E-state index is 12.3. The molecule has 0 saturated carbocycles. The summed E-state index contributed by atoms with van der Waals surface area (Å²) in [6.07, 6.45) is 2.74. The first-order valence-corrected chi connectivity index (χ1v) is 7.93. The lowest BCUT2D eigenvalue weighted by atomic mass is 9.90. The maximum Gasteiger partial charge on any atom is 0.323 e. The van der Waals surface area contributed by atoms with Gasteiger partial charge in [-0.3, -0.25) is 9.69 Å². The number of nitrogens with two attached hydrogens (primary N) is 1. The molecule has 4 nitrogen and oxygen atoms in total. The Morgan fingerprint density at radius 3 is 2.86 bits per heavy atom. The zero-order valence-electron chi connectivity index (χ0n) is 13.0. The van der Waals surface area contributed by atoms with Crippen molar-refractivity contribution in [2.75, 3.05) is 19.7 Å². The maximum absolute atomic E-state index is 12.3. The second-order valence-corrected chi connectivity index (χ2v) is 5.49. The number of hydrogen-bond acceptors (Lipinski definition) is 4. The summed E-state index contributed by atoms with van der Waals surface area (Å²) in [6.45, 7) is 5.77. The van der Waals surface area contributed by atoms with Gasteiger partial charge < -0.3 is 10.5 Å². The summed E-state index contributed by atoms with van der Waals surface area (Å²) in [5.41, 5.74) is 8.63. The molecular formula is C17H26N2O2. The molecule has 0 saturated heterocycles. The van der Waals surface area contributed by atoms with Crippen molar-refractivity contribution in [2.24, 2.45) is 5.73 Å². The molecule has 0 spiro atoms. The van der Waals surface area contributed by atoms with Crippen molar-refractivity contribution in [3.63, 3.8) is 0 Å². The van der Waals surface area contributed by atoms with Gasteiger partial charge in [0.1, 0.15) is 6.04 Å². The van der Waals surface area contributed by atoms with Crippen LogP contribution in [0.1, 0.15) is 43.9 Å². The molecule has 4 heteroatoms. The van der Waals surface area contributed by atoms with Crippen molar-refractivity contribution >= 4 is 5.97 Å². The first kappa shape index (κ1) is 16.0. The highest BCUT2D eigenvalue weighted by molar-refractivity contribution is 5.76. The molecule has 1 aliphatic heterocycles. The molecule has 0 amide bonds. The van der Waals surface area contributed by atoms with E-state index in [1.165, 1.54) is 11.1 Å². The van der Waals surface area contributed by atoms with Crippen LogP contribution in [0.25, 0.3) is 0 Å². The summed E-state index contributed by atoms with van der Waals surface area (Å²) < 4.78 is 5.27. The second-order valence-electron chi connectivity index (χ2n) is 5.49. The van der Waals surface area contributed by atoms with Crippen LogP contribution in [0.3, 0.4) is 0 Å². The fourth-order valence-electron chi connectivity index (χ4n) is 3.24. The third-order valence-electron chi connectivity index (χ3n) is 4.20. The number of carbonyl (C=O) groups excluding carboxylic acids is 1. The Bertz CT molecular complexity index is 476. The van der Waals surface area contributed by atoms with E-state index in [1.54, 1.807) is 0 Å². The van der Waals surface area contributed by atoms with Gasteiger partial charge in [0.15, 0.2) is 0 Å². The number of carbonyl (C=O) groups is 1. The zero-order valence-corrected chi connectivity index (χ0v) is 13.0. The van der Waals surface area contributed by atoms with Gasteiger partial charge in [-0.15, -0.1) is 0 Å². The summed E-state index contributed by atoms with van der Waals surface area (Å²) in [6, 6.07) is 8.33. The molecule has 2 N–H and O–H groups in total. The predicted octanol–water partition coefficient (Wildman–Crippen LogP) is 2.28. The monoisotopic (exact) mass is 290 g/mol. The van der Waals surface area contributed by atoms with Gasteiger partial charge in [-0.1, -0.05) is 37.6 Å². The van der Waals surface area contributed by atoms with E-state index >= 15 is 0 Å². The molecule has 0 bridgehead atoms. The first-order chi connectivity index (χ1) is 10.2. The average Bonchev–Trinajstić information content (AvgIpc) is 2.51. The smallest absolute Gasteiger partial charge is 0.323 e. The van der Waals surface area contributed by atoms with Crippen LogP contribution in [0, 0.1) is 0 Å². The SMILES string of the molecule is CCCC(C(=O)OCC)N1CCc2ccccc2C1CN. The Morgan fingerprint density at radius 2 is 2.19 bits per heavy atom. The van der Waals surface area contributed by atoms with Gasteiger partial charge in [0.05, 0.1) is 6.61 Å². The van der Waals surface area contributed by atoms with Gasteiger partial charge in [-0.25, -0.2) is 0 Å². The van der Waals surface area contributed by atoms with Gasteiger partial charge in [0.2, 0.25) is 0 Å². The minimum absolute atomic E-state index is 0.107. The highest BCUT2D eigenvalue weighted by atomic mass is 16.5. The van der Waals surface area contributed by atoms with Gasteiger partial charge >= 0.3 is 5.97 Å². The Balaban J connectivity index is 2.26. The normalized spacial score (nSPS) is 19.9. The highest BCUT2D eigenvalue weighted by Gasteiger charge is 2.35. The van der Waals surface area contributed by atoms with Crippen molar-refractivity contribution < 1.29 is 9.53 Å². The summed E-state index contributed by atoms with van der Waals surface area (Å²) >= 11 is 0. The molecule has 21 heavy (non-hydrogen) atoms. The van der Waals surface area contributed by atoms with E-state index in [2.05, 4.69) is 30.0 Å². The molecule has 0 fully saturated rings. The Hall–Kier alpha value is -1.39. The van der Waals surface area contributed by atoms with Gasteiger partial charge in [0.25, 0.3) is 0 Å². The van der Waals surface area contributed by atoms with Crippen LogP contribution in [0.5, 0.6) is 0 Å². The molecule has 0 aliphatic carbocycles. The van der Waals surface area contributed by atoms with Crippen LogP contribution >= 0.6 is 0 Å². The lowest BCUT2D eigenvalue weighted by Gasteiger charge is -2.40. The second kappa shape index (κ2) is 7.57. The van der Waals surface area contributed by atoms with Gasteiger partial charge in [0, 0.05) is 19.1 Å². The van der Waals surface area contributed by atoms with E-state index in [0.717, 1.165) is 25.8 Å². The van der Waals surface area contributed by atoms with Gasteiger partial charge in [-0.2, -0.15) is 0 Å². The number of ether oxygens (including phenoxy) is 1. The molecule has 2 unspecified atom stereocenters. The van der Waals surface area contributed by atoms with Crippen LogP contribution in [0.4, 0.5) is 0 Å². The summed E-state index contributed by atoms with van der Waals surface area (Å²) in [5, 5.41) is 0. The molecule has 2 atom stereocenters. The molecule has 116 valence electrons. The molecule has 1 aromatic carbocycles. The van der Waals surface area contributed by atoms with E-state index in [4.69, 9.17) is 10.5 Å². The van der Waals surface area contributed by atoms with Crippen LogP contribution in [-0.2, 0) is 16.0 Å². The van der Waals surface area contributed by atoms with E-state index < -0.39 is 0 Å². The van der Waals surface area contributed by atoms with Crippen LogP contribution in [-0.4, -0.2) is 36.6 Å². The minimum atomic E-state index is -0.183. The van der Waals surface area contributed by atoms with Gasteiger partial charge in [-0.05, 0) is 30.9 Å². The molecule has 1 heterocycles. The van der Waals surface area contributed by atoms with Crippen LogP contribution < -0.4 is 5.73 Å². The summed E-state index contributed by atoms with van der Waals surface area (Å²) in [5.74, 6) is -0.114. The van der Waals surface area contributed by atoms with Crippen molar-refractivity contribution in [3.05, 3.63) is 35.4 Å². The third-order valence-corrected chi connectivity index (χ3v) is 4.20. The lowest BCUT2D eigenvalue weighted by Crippen LogP contribution is -2.49. The standard InChI is InChI=1S/C17H26N2O2/c1-3-7-15(17(20)21-4-2)19-11-10-13-8-5-6-9-14(13)16(19)12-18/h5-6,8-9,15-16H,3-4,7,10-12,18H2,1-2H3. The fourth-order valence-corrected chi connectivity index (χ4v) is 3.24. The van der Waals surface area contributed by atoms with E-state index in [0.29, 0.717) is 13.2 Å². The predicted molar refractivity (Wildman–Crippen MR) is 84.0 cm³/mol. The fraction of sp³-hybridized carbons (Fsp3) is 0.588. The lowest BCUT2D eigenvalue weighted by molar-refractivity contribution is -0.151. The Kier molecular flexibility index (Phi) is 5.76. The van der Waals surface area contributed by atoms with Crippen molar-refractivity contribution in [3.8, 4) is 0 Å². The molecule has 0 radical (unpaired) electrons. The topological polar surface area (TPSA) is 55.6 Å². The molecule has 1 aliphatic rings. The number of fused-ring (bicyclic) bond motifs is 1. The number of esters is 1. The van der Waals surface area contributed by atoms with Crippen molar-refractivity contribution in [2.45, 2.75) is 45.2 Å². The molecular weight excluding hydrogens is 264 g/mol. The first-order valence-electron chi connectivity index (χ1n) is 7.93. The third kappa shape index (κ3) is 3.44. The molecule has 1 aromatic rings. The summed E-state index contributed by atoms with van der Waals surface area (Å²) in [7, 11) is 0. The zero-order chi connectivity index (χ0) is 15.2. The van der Waals surface area contributed by atoms with Crippen LogP contribution in [0.2, 0.25) is 0 Å². The number of hydrogen-bond donors (Lipinski definition) is 1. The number of benzene rings is 1. The summed E-state index contributed by atoms with van der Waals surface area (Å²) in [4.78, 5) is 14.5. The highest BCUT2D eigenvalue weighted by Crippen LogP contribution is 2.31. The largest absolute Gasteiger partial charge is 0.465 e. The number of rotatable bonds is 6.